The van der Waals surface area contributed by atoms with Gasteiger partial charge in [0.15, 0.2) is 0 Å². The van der Waals surface area contributed by atoms with Crippen LogP contribution in [0.1, 0.15) is 0 Å². The van der Waals surface area contributed by atoms with Crippen molar-refractivity contribution >= 4 is 27.1 Å². The largest absolute Gasteiger partial charge is 0.285 e. The first-order valence-electron chi connectivity index (χ1n) is 3.03. The summed E-state index contributed by atoms with van der Waals surface area (Å²) in [6, 6.07) is 5.79. The van der Waals surface area contributed by atoms with Gasteiger partial charge in [-0.2, -0.15) is 0 Å². The van der Waals surface area contributed by atoms with E-state index < -0.39 is 9.84 Å². The smallest absolute Gasteiger partial charge is 0.238 e. The van der Waals surface area contributed by atoms with Gasteiger partial charge in [0, 0.05) is 0 Å². The number of carbonyl (C=O) groups is 1. The van der Waals surface area contributed by atoms with Gasteiger partial charge in [-0.25, -0.2) is 8.42 Å². The van der Waals surface area contributed by atoms with Crippen LogP contribution < -0.4 is 0 Å². The first kappa shape index (κ1) is 9.22. The molecule has 1 aromatic carbocycles. The zero-order valence-electron chi connectivity index (χ0n) is 5.90. The van der Waals surface area contributed by atoms with Crippen molar-refractivity contribution in [3.63, 3.8) is 0 Å². The van der Waals surface area contributed by atoms with Crippen LogP contribution in [-0.2, 0) is 14.6 Å². The van der Waals surface area contributed by atoms with E-state index in [-0.39, 0.29) is 15.5 Å². The Kier molecular flexibility index (Phi) is 2.49. The predicted molar refractivity (Wildman–Crippen MR) is 45.4 cm³/mol. The van der Waals surface area contributed by atoms with Crippen LogP contribution in [0, 0.1) is 0 Å². The average Bonchev–Trinajstić information content (AvgIpc) is 2.05. The van der Waals surface area contributed by atoms with Gasteiger partial charge in [-0.15, -0.1) is 0 Å². The molecule has 0 aromatic heterocycles. The first-order chi connectivity index (χ1) is 5.58. The number of sulfone groups is 1. The minimum Gasteiger partial charge on any atom is -0.285 e. The lowest BCUT2D eigenvalue weighted by atomic mass is 10.4. The number of hydrogen-bond donors (Lipinski definition) is 0. The Balaban J connectivity index is 3.39. The van der Waals surface area contributed by atoms with Crippen LogP contribution in [0.2, 0.25) is 5.02 Å². The Morgan fingerprint density at radius 3 is 2.33 bits per heavy atom. The highest BCUT2D eigenvalue weighted by Crippen LogP contribution is 2.19. The van der Waals surface area contributed by atoms with Crippen molar-refractivity contribution < 1.29 is 13.2 Å². The second-order valence-electron chi connectivity index (χ2n) is 2.07. The fourth-order valence-electron chi connectivity index (χ4n) is 0.727. The van der Waals surface area contributed by atoms with E-state index in [4.69, 9.17) is 11.6 Å². The Morgan fingerprint density at radius 1 is 1.25 bits per heavy atom. The molecule has 0 saturated heterocycles. The van der Waals surface area contributed by atoms with Gasteiger partial charge in [0.25, 0.3) is 0 Å². The molecule has 1 aromatic rings. The summed E-state index contributed by atoms with van der Waals surface area (Å²) in [6.07, 6.45) is 0. The predicted octanol–water partition coefficient (Wildman–Crippen LogP) is 1.30. The average molecular weight is 205 g/mol. The van der Waals surface area contributed by atoms with E-state index in [0.29, 0.717) is 0 Å². The maximum atomic E-state index is 11.0. The van der Waals surface area contributed by atoms with Crippen molar-refractivity contribution in [2.24, 2.45) is 0 Å². The molecule has 0 unspecified atom stereocenters. The molecule has 1 rings (SSSR count). The second kappa shape index (κ2) is 3.25. The van der Waals surface area contributed by atoms with Gasteiger partial charge in [-0.1, -0.05) is 23.7 Å². The molecule has 5 heteroatoms. The standard InChI is InChI=1S/C7H5ClO3S/c8-6-3-1-2-4-7(6)12(10,11)5-9/h1-5H. The molecule has 0 aliphatic heterocycles. The summed E-state index contributed by atoms with van der Waals surface area (Å²) in [7, 11) is -3.84. The third-order valence-electron chi connectivity index (χ3n) is 1.27. The van der Waals surface area contributed by atoms with Crippen molar-refractivity contribution in [3.05, 3.63) is 29.3 Å². The van der Waals surface area contributed by atoms with E-state index in [1.54, 1.807) is 6.07 Å². The van der Waals surface area contributed by atoms with Crippen molar-refractivity contribution in [1.29, 1.82) is 0 Å². The van der Waals surface area contributed by atoms with E-state index in [9.17, 15) is 13.2 Å². The summed E-state index contributed by atoms with van der Waals surface area (Å²) in [5, 5.41) is 0.0598. The van der Waals surface area contributed by atoms with Gasteiger partial charge >= 0.3 is 0 Å². The molecule has 0 atom stereocenters. The summed E-state index contributed by atoms with van der Waals surface area (Å²) in [5.74, 6) is 0. The molecule has 3 nitrogen and oxygen atoms in total. The number of carbonyl (C=O) groups excluding carboxylic acids is 1. The molecule has 0 heterocycles. The lowest BCUT2D eigenvalue weighted by Crippen LogP contribution is -2.01. The number of benzene rings is 1. The minimum atomic E-state index is -3.84. The summed E-state index contributed by atoms with van der Waals surface area (Å²) < 4.78 is 21.9. The minimum absolute atomic E-state index is 0.0598. The van der Waals surface area contributed by atoms with Crippen molar-refractivity contribution in [2.45, 2.75) is 4.90 Å². The second-order valence-corrected chi connectivity index (χ2v) is 4.20. The molecule has 0 aliphatic rings. The zero-order valence-corrected chi connectivity index (χ0v) is 7.47. The molecular formula is C7H5ClO3S. The SMILES string of the molecule is O=CS(=O)(=O)c1ccccc1Cl. The van der Waals surface area contributed by atoms with Crippen LogP contribution in [0.4, 0.5) is 0 Å². The molecule has 0 saturated carbocycles. The van der Waals surface area contributed by atoms with Crippen LogP contribution in [0.25, 0.3) is 0 Å². The summed E-state index contributed by atoms with van der Waals surface area (Å²) in [6.45, 7) is 0. The highest BCUT2D eigenvalue weighted by atomic mass is 35.5. The molecule has 0 radical (unpaired) electrons. The summed E-state index contributed by atoms with van der Waals surface area (Å²) in [4.78, 5) is 9.98. The van der Waals surface area contributed by atoms with Gasteiger partial charge in [0.1, 0.15) is 0 Å². The van der Waals surface area contributed by atoms with Crippen molar-refractivity contribution in [2.75, 3.05) is 0 Å². The molecule has 0 fully saturated rings. The normalized spacial score (nSPS) is 11.1. The Morgan fingerprint density at radius 2 is 1.83 bits per heavy atom. The number of halogens is 1. The highest BCUT2D eigenvalue weighted by Gasteiger charge is 2.15. The molecule has 64 valence electrons. The first-order valence-corrected chi connectivity index (χ1v) is 4.95. The van der Waals surface area contributed by atoms with E-state index in [1.807, 2.05) is 0 Å². The van der Waals surface area contributed by atoms with Gasteiger partial charge in [0.05, 0.1) is 9.92 Å². The Hall–Kier alpha value is -0.870. The van der Waals surface area contributed by atoms with Crippen LogP contribution in [-0.4, -0.2) is 14.0 Å². The fraction of sp³-hybridized carbons (Fsp3) is 0. The maximum absolute atomic E-state index is 11.0. The third-order valence-corrected chi connectivity index (χ3v) is 2.93. The highest BCUT2D eigenvalue weighted by molar-refractivity contribution is 8.04. The van der Waals surface area contributed by atoms with Crippen molar-refractivity contribution in [3.8, 4) is 0 Å². The summed E-state index contributed by atoms with van der Waals surface area (Å²) >= 11 is 5.55. The molecule has 12 heavy (non-hydrogen) atoms. The van der Waals surface area contributed by atoms with E-state index >= 15 is 0 Å². The van der Waals surface area contributed by atoms with E-state index in [1.165, 1.54) is 18.2 Å². The maximum Gasteiger partial charge on any atom is 0.238 e. The molecule has 0 N–H and O–H groups in total. The lowest BCUT2D eigenvalue weighted by molar-refractivity contribution is 0.556. The van der Waals surface area contributed by atoms with Gasteiger partial charge < -0.3 is 0 Å². The topological polar surface area (TPSA) is 51.2 Å². The van der Waals surface area contributed by atoms with Gasteiger partial charge in [-0.05, 0) is 12.1 Å². The van der Waals surface area contributed by atoms with Crippen LogP contribution >= 0.6 is 11.6 Å². The lowest BCUT2D eigenvalue weighted by Gasteiger charge is -1.97. The zero-order chi connectivity index (χ0) is 9.19. The Bertz CT molecular complexity index is 397. The third kappa shape index (κ3) is 1.65. The Labute approximate surface area is 74.9 Å². The quantitative estimate of drug-likeness (QED) is 0.683. The molecule has 0 spiro atoms. The van der Waals surface area contributed by atoms with Crippen LogP contribution in [0.15, 0.2) is 29.2 Å². The summed E-state index contributed by atoms with van der Waals surface area (Å²) in [5.41, 5.74) is -0.117. The molecule has 0 aliphatic carbocycles. The molecule has 0 bridgehead atoms. The van der Waals surface area contributed by atoms with Crippen LogP contribution in [0.5, 0.6) is 0 Å². The van der Waals surface area contributed by atoms with Crippen molar-refractivity contribution in [1.82, 2.24) is 0 Å². The van der Waals surface area contributed by atoms with E-state index in [0.717, 1.165) is 0 Å². The fourth-order valence-corrected chi connectivity index (χ4v) is 1.90. The number of hydrogen-bond acceptors (Lipinski definition) is 3. The monoisotopic (exact) mass is 204 g/mol. The van der Waals surface area contributed by atoms with Crippen LogP contribution in [0.3, 0.4) is 0 Å². The van der Waals surface area contributed by atoms with E-state index in [2.05, 4.69) is 0 Å². The van der Waals surface area contributed by atoms with Gasteiger partial charge in [-0.3, -0.25) is 4.79 Å². The van der Waals surface area contributed by atoms with Gasteiger partial charge in [0.2, 0.25) is 15.5 Å². The molecular weight excluding hydrogens is 200 g/mol. The molecule has 0 amide bonds. The number of rotatable bonds is 2.